The minimum atomic E-state index is -4.15. The third-order valence-corrected chi connectivity index (χ3v) is 3.93. The van der Waals surface area contributed by atoms with E-state index in [-0.39, 0.29) is 11.9 Å². The van der Waals surface area contributed by atoms with Crippen LogP contribution in [0.4, 0.5) is 18.0 Å². The van der Waals surface area contributed by atoms with E-state index in [9.17, 15) is 18.0 Å². The topological polar surface area (TPSA) is 70.2 Å². The average Bonchev–Trinajstić information content (AvgIpc) is 2.51. The summed E-state index contributed by atoms with van der Waals surface area (Å²) in [5.74, 6) is 0.849. The summed E-state index contributed by atoms with van der Waals surface area (Å²) in [6.45, 7) is 2.51. The highest BCUT2D eigenvalue weighted by Crippen LogP contribution is 2.22. The van der Waals surface area contributed by atoms with Gasteiger partial charge in [-0.1, -0.05) is 0 Å². The van der Waals surface area contributed by atoms with Gasteiger partial charge in [-0.05, 0) is 44.8 Å². The summed E-state index contributed by atoms with van der Waals surface area (Å²) in [5, 5.41) is 5.47. The summed E-state index contributed by atoms with van der Waals surface area (Å²) in [5.41, 5.74) is 0.720. The highest BCUT2D eigenvalue weighted by Gasteiger charge is 2.32. The Morgan fingerprint density at radius 2 is 2.04 bits per heavy atom. The van der Waals surface area contributed by atoms with E-state index in [0.717, 1.165) is 5.69 Å². The summed E-state index contributed by atoms with van der Waals surface area (Å²) in [4.78, 5) is 21.3. The quantitative estimate of drug-likeness (QED) is 0.855. The van der Waals surface area contributed by atoms with Gasteiger partial charge >= 0.3 is 12.2 Å². The number of amides is 2. The van der Waals surface area contributed by atoms with Crippen LogP contribution >= 0.6 is 0 Å². The van der Waals surface area contributed by atoms with Crippen LogP contribution in [-0.4, -0.2) is 53.3 Å². The second kappa shape index (κ2) is 8.27. The molecule has 0 spiro atoms. The average molecular weight is 345 g/mol. The first kappa shape index (κ1) is 18.4. The zero-order valence-corrected chi connectivity index (χ0v) is 13.6. The maximum absolute atomic E-state index is 12.3. The van der Waals surface area contributed by atoms with Gasteiger partial charge in [-0.15, -0.1) is 0 Å². The van der Waals surface area contributed by atoms with Gasteiger partial charge in [-0.3, -0.25) is 4.90 Å². The second-order valence-electron chi connectivity index (χ2n) is 5.99. The molecule has 1 aromatic rings. The lowest BCUT2D eigenvalue weighted by Crippen LogP contribution is -2.44. The zero-order valence-electron chi connectivity index (χ0n) is 13.6. The monoisotopic (exact) mass is 345 g/mol. The first-order valence-corrected chi connectivity index (χ1v) is 7.91. The van der Waals surface area contributed by atoms with E-state index < -0.39 is 12.7 Å². The molecule has 0 atom stereocenters. The van der Waals surface area contributed by atoms with Gasteiger partial charge in [-0.25, -0.2) is 14.8 Å². The van der Waals surface area contributed by atoms with E-state index in [2.05, 4.69) is 20.6 Å². The van der Waals surface area contributed by atoms with Crippen molar-refractivity contribution in [2.24, 2.45) is 5.92 Å². The molecule has 6 nitrogen and oxygen atoms in total. The smallest absolute Gasteiger partial charge is 0.338 e. The summed E-state index contributed by atoms with van der Waals surface area (Å²) in [6, 6.07) is 1.42. The standard InChI is InChI=1S/C15H22F3N5O/c1-11-19-5-2-13(22-11)9-21-14(24)20-8-12-3-6-23(7-4-12)10-15(16,17)18/h2,5,12H,3-4,6-10H2,1H3,(H2,20,21,24). The second-order valence-corrected chi connectivity index (χ2v) is 5.99. The number of aromatic nitrogens is 2. The van der Waals surface area contributed by atoms with Gasteiger partial charge in [0.15, 0.2) is 0 Å². The van der Waals surface area contributed by atoms with Crippen molar-refractivity contribution in [1.82, 2.24) is 25.5 Å². The van der Waals surface area contributed by atoms with Gasteiger partial charge in [0.2, 0.25) is 0 Å². The Morgan fingerprint density at radius 3 is 2.67 bits per heavy atom. The Kier molecular flexibility index (Phi) is 6.36. The van der Waals surface area contributed by atoms with Crippen molar-refractivity contribution in [3.63, 3.8) is 0 Å². The largest absolute Gasteiger partial charge is 0.401 e. The van der Waals surface area contributed by atoms with Crippen LogP contribution in [0.5, 0.6) is 0 Å². The molecule has 24 heavy (non-hydrogen) atoms. The van der Waals surface area contributed by atoms with Crippen molar-refractivity contribution in [2.45, 2.75) is 32.5 Å². The molecule has 9 heteroatoms. The molecular weight excluding hydrogens is 323 g/mol. The molecule has 2 rings (SSSR count). The summed E-state index contributed by atoms with van der Waals surface area (Å²) in [7, 11) is 0. The van der Waals surface area contributed by atoms with E-state index in [1.807, 2.05) is 0 Å². The third kappa shape index (κ3) is 6.69. The number of nitrogens with one attached hydrogen (secondary N) is 2. The number of halogens is 3. The molecule has 0 aliphatic carbocycles. The molecule has 0 unspecified atom stereocenters. The number of hydrogen-bond acceptors (Lipinski definition) is 4. The Labute approximate surface area is 138 Å². The van der Waals surface area contributed by atoms with Crippen molar-refractivity contribution < 1.29 is 18.0 Å². The minimum absolute atomic E-state index is 0.210. The number of alkyl halides is 3. The molecule has 1 aromatic heterocycles. The molecule has 0 aromatic carbocycles. The maximum atomic E-state index is 12.3. The zero-order chi connectivity index (χ0) is 17.6. The van der Waals surface area contributed by atoms with Gasteiger partial charge in [0.25, 0.3) is 0 Å². The van der Waals surface area contributed by atoms with Gasteiger partial charge in [0.05, 0.1) is 18.8 Å². The lowest BCUT2D eigenvalue weighted by atomic mass is 9.97. The van der Waals surface area contributed by atoms with Crippen molar-refractivity contribution in [2.75, 3.05) is 26.2 Å². The Bertz CT molecular complexity index is 544. The first-order chi connectivity index (χ1) is 11.3. The fraction of sp³-hybridized carbons (Fsp3) is 0.667. The van der Waals surface area contributed by atoms with Crippen LogP contribution in [0.15, 0.2) is 12.3 Å². The van der Waals surface area contributed by atoms with Crippen LogP contribution in [0.2, 0.25) is 0 Å². The summed E-state index contributed by atoms with van der Waals surface area (Å²) in [6.07, 6.45) is -1.21. The highest BCUT2D eigenvalue weighted by atomic mass is 19.4. The predicted molar refractivity (Wildman–Crippen MR) is 82.2 cm³/mol. The van der Waals surface area contributed by atoms with Gasteiger partial charge in [-0.2, -0.15) is 13.2 Å². The van der Waals surface area contributed by atoms with Crippen LogP contribution in [0.1, 0.15) is 24.4 Å². The van der Waals surface area contributed by atoms with E-state index >= 15 is 0 Å². The molecule has 0 radical (unpaired) electrons. The molecule has 0 saturated carbocycles. The third-order valence-electron chi connectivity index (χ3n) is 3.93. The van der Waals surface area contributed by atoms with Crippen molar-refractivity contribution in [3.8, 4) is 0 Å². The highest BCUT2D eigenvalue weighted by molar-refractivity contribution is 5.73. The lowest BCUT2D eigenvalue weighted by molar-refractivity contribution is -0.148. The lowest BCUT2D eigenvalue weighted by Gasteiger charge is -2.32. The van der Waals surface area contributed by atoms with Crippen LogP contribution in [-0.2, 0) is 6.54 Å². The van der Waals surface area contributed by atoms with Crippen molar-refractivity contribution >= 4 is 6.03 Å². The van der Waals surface area contributed by atoms with Crippen LogP contribution in [0, 0.1) is 12.8 Å². The van der Waals surface area contributed by atoms with E-state index in [1.165, 1.54) is 4.90 Å². The molecule has 2 amide bonds. The number of piperidine rings is 1. The minimum Gasteiger partial charge on any atom is -0.338 e. The molecule has 134 valence electrons. The van der Waals surface area contributed by atoms with Crippen LogP contribution in [0.3, 0.4) is 0 Å². The van der Waals surface area contributed by atoms with Crippen LogP contribution < -0.4 is 10.6 Å². The van der Waals surface area contributed by atoms with E-state index in [1.54, 1.807) is 19.2 Å². The Hall–Kier alpha value is -1.90. The molecule has 1 aliphatic heterocycles. The molecule has 2 heterocycles. The fourth-order valence-corrected chi connectivity index (χ4v) is 2.68. The molecule has 1 aliphatic rings. The predicted octanol–water partition coefficient (Wildman–Crippen LogP) is 1.86. The molecule has 0 bridgehead atoms. The maximum Gasteiger partial charge on any atom is 0.401 e. The Morgan fingerprint density at radius 1 is 1.33 bits per heavy atom. The number of likely N-dealkylation sites (tertiary alicyclic amines) is 1. The van der Waals surface area contributed by atoms with Crippen LogP contribution in [0.25, 0.3) is 0 Å². The number of hydrogen-bond donors (Lipinski definition) is 2. The number of carbonyl (C=O) groups is 1. The van der Waals surface area contributed by atoms with E-state index in [4.69, 9.17) is 0 Å². The Balaban J connectivity index is 1.63. The molecular formula is C15H22F3N5O. The fourth-order valence-electron chi connectivity index (χ4n) is 2.68. The van der Waals surface area contributed by atoms with Gasteiger partial charge in [0.1, 0.15) is 5.82 Å². The van der Waals surface area contributed by atoms with E-state index in [0.29, 0.717) is 44.8 Å². The number of aryl methyl sites for hydroxylation is 1. The number of rotatable bonds is 5. The summed E-state index contributed by atoms with van der Waals surface area (Å²) < 4.78 is 37.0. The van der Waals surface area contributed by atoms with Crippen molar-refractivity contribution in [1.29, 1.82) is 0 Å². The number of urea groups is 1. The van der Waals surface area contributed by atoms with Crippen molar-refractivity contribution in [3.05, 3.63) is 23.8 Å². The summed E-state index contributed by atoms with van der Waals surface area (Å²) >= 11 is 0. The number of carbonyl (C=O) groups excluding carboxylic acids is 1. The van der Waals surface area contributed by atoms with Gasteiger partial charge < -0.3 is 10.6 Å². The molecule has 1 fully saturated rings. The molecule has 2 N–H and O–H groups in total. The normalized spacial score (nSPS) is 16.8. The number of nitrogens with zero attached hydrogens (tertiary/aromatic N) is 3. The first-order valence-electron chi connectivity index (χ1n) is 7.91. The van der Waals surface area contributed by atoms with Gasteiger partial charge in [0, 0.05) is 12.7 Å². The molecule has 1 saturated heterocycles. The SMILES string of the molecule is Cc1nccc(CNC(=O)NCC2CCN(CC(F)(F)F)CC2)n1.